The van der Waals surface area contributed by atoms with Crippen LogP contribution in [0.4, 0.5) is 0 Å². The molecule has 0 unspecified atom stereocenters. The Morgan fingerprint density at radius 1 is 0.919 bits per heavy atom. The Balaban J connectivity index is 1.26. The van der Waals surface area contributed by atoms with Gasteiger partial charge in [-0.3, -0.25) is 9.59 Å². The highest BCUT2D eigenvalue weighted by Crippen LogP contribution is 2.29. The molecular formula is C30H30N4O3. The van der Waals surface area contributed by atoms with Crippen LogP contribution in [0, 0.1) is 6.92 Å². The Hall–Kier alpha value is -4.26. The fourth-order valence-corrected chi connectivity index (χ4v) is 4.94. The van der Waals surface area contributed by atoms with Gasteiger partial charge in [0.15, 0.2) is 5.82 Å². The number of carbonyl (C=O) groups excluding carboxylic acids is 2. The van der Waals surface area contributed by atoms with Gasteiger partial charge in [-0.05, 0) is 36.6 Å². The minimum Gasteiger partial charge on any atom is -0.338 e. The van der Waals surface area contributed by atoms with Crippen molar-refractivity contribution in [2.45, 2.75) is 32.2 Å². The lowest BCUT2D eigenvalue weighted by molar-refractivity contribution is -0.142. The molecule has 2 amide bonds. The van der Waals surface area contributed by atoms with Crippen molar-refractivity contribution in [2.75, 3.05) is 19.6 Å². The van der Waals surface area contributed by atoms with Crippen molar-refractivity contribution in [2.24, 2.45) is 0 Å². The first-order valence-electron chi connectivity index (χ1n) is 12.6. The van der Waals surface area contributed by atoms with Gasteiger partial charge in [0.1, 0.15) is 0 Å². The summed E-state index contributed by atoms with van der Waals surface area (Å²) in [5, 5.41) is 4.02. The van der Waals surface area contributed by atoms with Gasteiger partial charge < -0.3 is 14.3 Å². The number of aromatic nitrogens is 2. The average molecular weight is 495 g/mol. The molecule has 2 heterocycles. The minimum absolute atomic E-state index is 0.0537. The van der Waals surface area contributed by atoms with Crippen LogP contribution in [0.5, 0.6) is 0 Å². The van der Waals surface area contributed by atoms with E-state index in [1.54, 1.807) is 4.90 Å². The topological polar surface area (TPSA) is 79.5 Å². The van der Waals surface area contributed by atoms with Crippen LogP contribution >= 0.6 is 0 Å². The quantitative estimate of drug-likeness (QED) is 0.395. The molecule has 5 rings (SSSR count). The summed E-state index contributed by atoms with van der Waals surface area (Å²) < 4.78 is 5.42. The molecule has 0 saturated carbocycles. The van der Waals surface area contributed by atoms with E-state index in [0.29, 0.717) is 31.3 Å². The zero-order valence-corrected chi connectivity index (χ0v) is 21.1. The number of rotatable bonds is 6. The Morgan fingerprint density at radius 3 is 2.16 bits per heavy atom. The fraction of sp³-hybridized carbons (Fsp3) is 0.267. The zero-order chi connectivity index (χ0) is 25.8. The molecule has 0 spiro atoms. The number of nitrogens with zero attached hydrogens (tertiary/aromatic N) is 4. The number of carbonyl (C=O) groups is 2. The van der Waals surface area contributed by atoms with Gasteiger partial charge in [-0.1, -0.05) is 84.0 Å². The van der Waals surface area contributed by atoms with E-state index < -0.39 is 0 Å². The van der Waals surface area contributed by atoms with Crippen LogP contribution in [0.1, 0.15) is 35.4 Å². The maximum Gasteiger partial charge on any atom is 0.258 e. The van der Waals surface area contributed by atoms with E-state index >= 15 is 0 Å². The van der Waals surface area contributed by atoms with E-state index in [0.717, 1.165) is 22.3 Å². The SMILES string of the molecule is Cc1ccccc1-c1nc(CC(=O)N2CCN(C(=O)C(c3ccccc3)c3ccccc3)[C@H](C)C2)no1. The van der Waals surface area contributed by atoms with Crippen LogP contribution in [0.15, 0.2) is 89.5 Å². The summed E-state index contributed by atoms with van der Waals surface area (Å²) in [6.45, 7) is 5.38. The molecule has 0 aliphatic carbocycles. The summed E-state index contributed by atoms with van der Waals surface area (Å²) in [7, 11) is 0. The molecule has 0 N–H and O–H groups in total. The summed E-state index contributed by atoms with van der Waals surface area (Å²) in [4.78, 5) is 35.0. The van der Waals surface area contributed by atoms with Crippen LogP contribution in [-0.2, 0) is 16.0 Å². The van der Waals surface area contributed by atoms with Crippen molar-refractivity contribution in [1.82, 2.24) is 19.9 Å². The lowest BCUT2D eigenvalue weighted by atomic mass is 9.89. The number of aryl methyl sites for hydroxylation is 1. The number of hydrogen-bond donors (Lipinski definition) is 0. The van der Waals surface area contributed by atoms with Gasteiger partial charge in [0.25, 0.3) is 5.89 Å². The maximum absolute atomic E-state index is 13.8. The number of amides is 2. The van der Waals surface area contributed by atoms with Crippen LogP contribution < -0.4 is 0 Å². The molecule has 1 aliphatic heterocycles. The van der Waals surface area contributed by atoms with Crippen LogP contribution in [-0.4, -0.2) is 57.4 Å². The molecule has 3 aromatic carbocycles. The molecule has 0 radical (unpaired) electrons. The predicted octanol–water partition coefficient (Wildman–Crippen LogP) is 4.48. The van der Waals surface area contributed by atoms with Crippen molar-refractivity contribution >= 4 is 11.8 Å². The molecule has 1 atom stereocenters. The van der Waals surface area contributed by atoms with Gasteiger partial charge in [-0.2, -0.15) is 4.98 Å². The lowest BCUT2D eigenvalue weighted by Gasteiger charge is -2.41. The number of piperazine rings is 1. The second kappa shape index (κ2) is 10.8. The second-order valence-electron chi connectivity index (χ2n) is 9.48. The fourth-order valence-electron chi connectivity index (χ4n) is 4.94. The Kier molecular flexibility index (Phi) is 7.12. The van der Waals surface area contributed by atoms with Crippen molar-refractivity contribution in [3.63, 3.8) is 0 Å². The molecule has 1 saturated heterocycles. The molecule has 0 bridgehead atoms. The number of hydrogen-bond acceptors (Lipinski definition) is 5. The van der Waals surface area contributed by atoms with Gasteiger partial charge in [-0.25, -0.2) is 0 Å². The first kappa shape index (κ1) is 24.4. The van der Waals surface area contributed by atoms with Gasteiger partial charge in [-0.15, -0.1) is 0 Å². The van der Waals surface area contributed by atoms with E-state index in [1.165, 1.54) is 0 Å². The third-order valence-electron chi connectivity index (χ3n) is 6.93. The summed E-state index contributed by atoms with van der Waals surface area (Å²) in [6, 6.07) is 27.4. The summed E-state index contributed by atoms with van der Waals surface area (Å²) in [5.74, 6) is 0.378. The molecule has 188 valence electrons. The Morgan fingerprint density at radius 2 is 1.54 bits per heavy atom. The third-order valence-corrected chi connectivity index (χ3v) is 6.93. The molecule has 7 heteroatoms. The van der Waals surface area contributed by atoms with Crippen LogP contribution in [0.3, 0.4) is 0 Å². The second-order valence-corrected chi connectivity index (χ2v) is 9.48. The monoisotopic (exact) mass is 494 g/mol. The molecule has 1 fully saturated rings. The van der Waals surface area contributed by atoms with Crippen LogP contribution in [0.25, 0.3) is 11.5 Å². The van der Waals surface area contributed by atoms with Gasteiger partial charge in [0, 0.05) is 31.2 Å². The highest BCUT2D eigenvalue weighted by Gasteiger charge is 2.35. The van der Waals surface area contributed by atoms with E-state index in [4.69, 9.17) is 4.52 Å². The summed E-state index contributed by atoms with van der Waals surface area (Å²) in [5.41, 5.74) is 3.82. The van der Waals surface area contributed by atoms with Crippen molar-refractivity contribution in [3.8, 4) is 11.5 Å². The Bertz CT molecular complexity index is 1330. The molecule has 7 nitrogen and oxygen atoms in total. The molecule has 37 heavy (non-hydrogen) atoms. The van der Waals surface area contributed by atoms with E-state index in [1.807, 2.05) is 104 Å². The Labute approximate surface area is 216 Å². The molecule has 1 aliphatic rings. The van der Waals surface area contributed by atoms with Crippen molar-refractivity contribution in [1.29, 1.82) is 0 Å². The molecule has 1 aromatic heterocycles. The summed E-state index contributed by atoms with van der Waals surface area (Å²) in [6.07, 6.45) is 0.0622. The molecule has 4 aromatic rings. The normalized spacial score (nSPS) is 15.7. The van der Waals surface area contributed by atoms with Gasteiger partial charge in [0.05, 0.1) is 12.3 Å². The number of benzene rings is 3. The lowest BCUT2D eigenvalue weighted by Crippen LogP contribution is -2.56. The van der Waals surface area contributed by atoms with E-state index in [2.05, 4.69) is 10.1 Å². The van der Waals surface area contributed by atoms with E-state index in [9.17, 15) is 9.59 Å². The van der Waals surface area contributed by atoms with Gasteiger partial charge in [0.2, 0.25) is 11.8 Å². The standard InChI is InChI=1S/C30H30N4O3/c1-21-11-9-10-16-25(21)29-31-26(32-37-29)19-27(35)33-17-18-34(22(2)20-33)30(36)28(23-12-5-3-6-13-23)24-14-7-4-8-15-24/h3-16,22,28H,17-20H2,1-2H3/t22-/m1/s1. The van der Waals surface area contributed by atoms with Crippen LogP contribution in [0.2, 0.25) is 0 Å². The largest absolute Gasteiger partial charge is 0.338 e. The first-order chi connectivity index (χ1) is 18.0. The highest BCUT2D eigenvalue weighted by molar-refractivity contribution is 5.88. The third kappa shape index (κ3) is 5.31. The van der Waals surface area contributed by atoms with Crippen molar-refractivity contribution < 1.29 is 14.1 Å². The summed E-state index contributed by atoms with van der Waals surface area (Å²) >= 11 is 0. The minimum atomic E-state index is -0.383. The zero-order valence-electron chi connectivity index (χ0n) is 21.1. The van der Waals surface area contributed by atoms with E-state index in [-0.39, 0.29) is 30.2 Å². The maximum atomic E-state index is 13.8. The predicted molar refractivity (Wildman–Crippen MR) is 141 cm³/mol. The first-order valence-corrected chi connectivity index (χ1v) is 12.6. The smallest absolute Gasteiger partial charge is 0.258 e. The highest BCUT2D eigenvalue weighted by atomic mass is 16.5. The van der Waals surface area contributed by atoms with Crippen molar-refractivity contribution in [3.05, 3.63) is 107 Å². The van der Waals surface area contributed by atoms with Gasteiger partial charge >= 0.3 is 0 Å². The average Bonchev–Trinajstić information content (AvgIpc) is 3.38. The molecular weight excluding hydrogens is 464 g/mol.